The van der Waals surface area contributed by atoms with Crippen LogP contribution in [0.1, 0.15) is 20.8 Å². The normalized spacial score (nSPS) is 12.4. The molecular formula is C23H22ClN3O4. The number of aliphatic carboxylic acids is 1. The molecule has 31 heavy (non-hydrogen) atoms. The fourth-order valence-corrected chi connectivity index (χ4v) is 3.54. The molecule has 1 N–H and O–H groups in total. The summed E-state index contributed by atoms with van der Waals surface area (Å²) < 4.78 is 13.0. The first-order valence-electron chi connectivity index (χ1n) is 9.94. The van der Waals surface area contributed by atoms with E-state index in [1.165, 1.54) is 0 Å². The van der Waals surface area contributed by atoms with Crippen LogP contribution in [-0.4, -0.2) is 31.9 Å². The maximum absolute atomic E-state index is 11.2. The van der Waals surface area contributed by atoms with Gasteiger partial charge in [-0.05, 0) is 56.3 Å². The summed E-state index contributed by atoms with van der Waals surface area (Å²) in [6, 6.07) is 13.1. The van der Waals surface area contributed by atoms with Crippen LogP contribution in [0.15, 0.2) is 53.2 Å². The summed E-state index contributed by atoms with van der Waals surface area (Å²) in [5, 5.41) is 14.7. The zero-order chi connectivity index (χ0) is 22.1. The molecule has 0 aliphatic heterocycles. The van der Waals surface area contributed by atoms with Crippen LogP contribution in [0.2, 0.25) is 5.02 Å². The molecule has 1 atom stereocenters. The van der Waals surface area contributed by atoms with E-state index in [9.17, 15) is 4.79 Å². The van der Waals surface area contributed by atoms with E-state index < -0.39 is 11.9 Å². The van der Waals surface area contributed by atoms with Gasteiger partial charge >= 0.3 is 5.97 Å². The van der Waals surface area contributed by atoms with Gasteiger partial charge in [0.15, 0.2) is 0 Å². The fraction of sp³-hybridized carbons (Fsp3) is 0.261. The first-order valence-corrected chi connectivity index (χ1v) is 10.3. The summed E-state index contributed by atoms with van der Waals surface area (Å²) in [4.78, 5) is 15.7. The van der Waals surface area contributed by atoms with E-state index in [2.05, 4.69) is 10.1 Å². The van der Waals surface area contributed by atoms with Gasteiger partial charge in [-0.1, -0.05) is 23.7 Å². The molecule has 0 saturated carbocycles. The predicted octanol–water partition coefficient (Wildman–Crippen LogP) is 5.52. The number of rotatable bonds is 7. The molecule has 4 rings (SSSR count). The minimum Gasteiger partial charge on any atom is -0.489 e. The average Bonchev–Trinajstić information content (AvgIpc) is 3.36. The van der Waals surface area contributed by atoms with Crippen molar-refractivity contribution in [2.45, 2.75) is 33.4 Å². The number of nitrogens with zero attached hydrogens (tertiary/aromatic N) is 3. The van der Waals surface area contributed by atoms with E-state index in [0.717, 1.165) is 16.5 Å². The molecule has 0 radical (unpaired) electrons. The van der Waals surface area contributed by atoms with Crippen LogP contribution < -0.4 is 4.74 Å². The summed E-state index contributed by atoms with van der Waals surface area (Å²) in [6.45, 7) is 5.97. The van der Waals surface area contributed by atoms with Crippen molar-refractivity contribution < 1.29 is 19.2 Å². The highest BCUT2D eigenvalue weighted by molar-refractivity contribution is 6.32. The fourth-order valence-electron chi connectivity index (χ4n) is 3.31. The number of hydrogen-bond donors (Lipinski definition) is 1. The van der Waals surface area contributed by atoms with E-state index >= 15 is 0 Å². The third-order valence-corrected chi connectivity index (χ3v) is 5.18. The maximum Gasteiger partial charge on any atom is 0.308 e. The smallest absolute Gasteiger partial charge is 0.308 e. The predicted molar refractivity (Wildman–Crippen MR) is 118 cm³/mol. The van der Waals surface area contributed by atoms with Crippen molar-refractivity contribution in [3.05, 3.63) is 53.7 Å². The second-order valence-corrected chi connectivity index (χ2v) is 8.12. The number of carboxylic acid groups (broad SMARTS) is 1. The quantitative estimate of drug-likeness (QED) is 0.407. The summed E-state index contributed by atoms with van der Waals surface area (Å²) in [5.41, 5.74) is 2.46. The number of carboxylic acids is 1. The molecule has 8 heteroatoms. The number of ether oxygens (including phenoxy) is 1. The van der Waals surface area contributed by atoms with Crippen LogP contribution >= 0.6 is 11.6 Å². The van der Waals surface area contributed by atoms with Crippen LogP contribution in [0, 0.1) is 5.92 Å². The summed E-state index contributed by atoms with van der Waals surface area (Å²) >= 11 is 6.32. The molecular weight excluding hydrogens is 418 g/mol. The van der Waals surface area contributed by atoms with Gasteiger partial charge < -0.3 is 18.9 Å². The highest BCUT2D eigenvalue weighted by Crippen LogP contribution is 2.32. The Bertz CT molecular complexity index is 1240. The molecule has 0 aliphatic carbocycles. The molecule has 160 valence electrons. The molecule has 0 saturated heterocycles. The van der Waals surface area contributed by atoms with Gasteiger partial charge in [-0.15, -0.1) is 0 Å². The monoisotopic (exact) mass is 439 g/mol. The van der Waals surface area contributed by atoms with Crippen molar-refractivity contribution in [1.29, 1.82) is 0 Å². The standard InChI is InChI=1S/C23H22ClN3O4/c1-13(2)30-20-7-5-17(11-18(20)24)22-25-21(26-31-22)16-4-6-19-15(10-16)8-9-27(19)12-14(3)23(28)29/h4-11,13-14H,12H2,1-3H3,(H,28,29)/t14-/m0/s1. The first-order chi connectivity index (χ1) is 14.8. The van der Waals surface area contributed by atoms with Crippen LogP contribution in [-0.2, 0) is 11.3 Å². The number of hydrogen-bond acceptors (Lipinski definition) is 5. The second-order valence-electron chi connectivity index (χ2n) is 7.72. The van der Waals surface area contributed by atoms with E-state index in [0.29, 0.717) is 34.6 Å². The minimum absolute atomic E-state index is 0.0236. The van der Waals surface area contributed by atoms with Crippen LogP contribution in [0.4, 0.5) is 0 Å². The maximum atomic E-state index is 11.2. The third kappa shape index (κ3) is 4.41. The third-order valence-electron chi connectivity index (χ3n) is 4.89. The molecule has 0 amide bonds. The van der Waals surface area contributed by atoms with E-state index in [1.54, 1.807) is 19.1 Å². The molecule has 0 unspecified atom stereocenters. The van der Waals surface area contributed by atoms with Crippen LogP contribution in [0.3, 0.4) is 0 Å². The van der Waals surface area contributed by atoms with Crippen molar-refractivity contribution in [1.82, 2.24) is 14.7 Å². The van der Waals surface area contributed by atoms with Crippen molar-refractivity contribution in [2.75, 3.05) is 0 Å². The highest BCUT2D eigenvalue weighted by atomic mass is 35.5. The summed E-state index contributed by atoms with van der Waals surface area (Å²) in [6.07, 6.45) is 1.91. The largest absolute Gasteiger partial charge is 0.489 e. The van der Waals surface area contributed by atoms with Gasteiger partial charge in [0.2, 0.25) is 5.82 Å². The van der Waals surface area contributed by atoms with Crippen molar-refractivity contribution in [3.8, 4) is 28.6 Å². The number of halogens is 1. The number of aromatic nitrogens is 3. The Balaban J connectivity index is 1.59. The van der Waals surface area contributed by atoms with Gasteiger partial charge in [-0.25, -0.2) is 0 Å². The topological polar surface area (TPSA) is 90.4 Å². The Labute approximate surface area is 184 Å². The zero-order valence-electron chi connectivity index (χ0n) is 17.4. The van der Waals surface area contributed by atoms with Gasteiger partial charge in [0.1, 0.15) is 5.75 Å². The molecule has 0 bridgehead atoms. The van der Waals surface area contributed by atoms with E-state index in [4.69, 9.17) is 26.0 Å². The van der Waals surface area contributed by atoms with E-state index in [-0.39, 0.29) is 6.10 Å². The number of fused-ring (bicyclic) bond motifs is 1. The Hall–Kier alpha value is -3.32. The molecule has 0 aliphatic rings. The molecule has 0 spiro atoms. The van der Waals surface area contributed by atoms with Crippen LogP contribution in [0.5, 0.6) is 5.75 Å². The first kappa shape index (κ1) is 20.9. The van der Waals surface area contributed by atoms with E-state index in [1.807, 2.05) is 54.9 Å². The van der Waals surface area contributed by atoms with Gasteiger partial charge in [0.25, 0.3) is 5.89 Å². The molecule has 4 aromatic rings. The number of carbonyl (C=O) groups is 1. The molecule has 2 aromatic heterocycles. The second kappa shape index (κ2) is 8.43. The van der Waals surface area contributed by atoms with Gasteiger partial charge in [0, 0.05) is 34.8 Å². The molecule has 2 aromatic carbocycles. The lowest BCUT2D eigenvalue weighted by Crippen LogP contribution is -2.16. The average molecular weight is 440 g/mol. The Morgan fingerprint density at radius 3 is 2.65 bits per heavy atom. The Kier molecular flexibility index (Phi) is 5.69. The molecule has 2 heterocycles. The SMILES string of the molecule is CC(C)Oc1ccc(-c2nc(-c3ccc4c(ccn4C[C@H](C)C(=O)O)c3)no2)cc1Cl. The van der Waals surface area contributed by atoms with Gasteiger partial charge in [0.05, 0.1) is 17.0 Å². The summed E-state index contributed by atoms with van der Waals surface area (Å²) in [7, 11) is 0. The lowest BCUT2D eigenvalue weighted by atomic mass is 10.1. The Morgan fingerprint density at radius 1 is 1.16 bits per heavy atom. The van der Waals surface area contributed by atoms with Crippen LogP contribution in [0.25, 0.3) is 33.7 Å². The van der Waals surface area contributed by atoms with Crippen molar-refractivity contribution >= 4 is 28.5 Å². The van der Waals surface area contributed by atoms with Crippen molar-refractivity contribution in [3.63, 3.8) is 0 Å². The minimum atomic E-state index is -0.818. The molecule has 7 nitrogen and oxygen atoms in total. The number of benzene rings is 2. The zero-order valence-corrected chi connectivity index (χ0v) is 18.1. The highest BCUT2D eigenvalue weighted by Gasteiger charge is 2.16. The Morgan fingerprint density at radius 2 is 1.94 bits per heavy atom. The van der Waals surface area contributed by atoms with Gasteiger partial charge in [-0.3, -0.25) is 4.79 Å². The van der Waals surface area contributed by atoms with Crippen molar-refractivity contribution in [2.24, 2.45) is 5.92 Å². The summed E-state index contributed by atoms with van der Waals surface area (Å²) in [5.74, 6) is 0.136. The lowest BCUT2D eigenvalue weighted by Gasteiger charge is -2.11. The molecule has 0 fully saturated rings. The van der Waals surface area contributed by atoms with Gasteiger partial charge in [-0.2, -0.15) is 4.98 Å². The lowest BCUT2D eigenvalue weighted by molar-refractivity contribution is -0.141.